The average molecular weight is 639 g/mol. The van der Waals surface area contributed by atoms with Crippen LogP contribution in [0.2, 0.25) is 0 Å². The zero-order valence-electron chi connectivity index (χ0n) is 26.8. The number of carbonyl (C=O) groups is 1. The van der Waals surface area contributed by atoms with E-state index in [-0.39, 0.29) is 11.4 Å². The van der Waals surface area contributed by atoms with E-state index < -0.39 is 33.0 Å². The molecule has 8 nitrogen and oxygen atoms in total. The van der Waals surface area contributed by atoms with Gasteiger partial charge in [-0.05, 0) is 113 Å². The molecule has 1 saturated carbocycles. The quantitative estimate of drug-likeness (QED) is 0.149. The Balaban J connectivity index is 1.59. The van der Waals surface area contributed by atoms with Crippen LogP contribution in [0.4, 0.5) is 10.1 Å². The van der Waals surface area contributed by atoms with Gasteiger partial charge in [-0.2, -0.15) is 10.4 Å². The molecule has 0 saturated heterocycles. The molecule has 2 atom stereocenters. The number of hydrogen-bond acceptors (Lipinski definition) is 5. The van der Waals surface area contributed by atoms with Crippen molar-refractivity contribution in [3.8, 4) is 11.8 Å². The van der Waals surface area contributed by atoms with E-state index in [1.54, 1.807) is 68.4 Å². The van der Waals surface area contributed by atoms with Crippen LogP contribution in [0.5, 0.6) is 0 Å². The molecule has 3 N–H and O–H groups in total. The number of halogens is 1. The van der Waals surface area contributed by atoms with Crippen molar-refractivity contribution in [3.63, 3.8) is 0 Å². The maximum atomic E-state index is 15.5. The molecule has 238 valence electrons. The van der Waals surface area contributed by atoms with Gasteiger partial charge in [0.15, 0.2) is 0 Å². The Kier molecular flexibility index (Phi) is 9.38. The molecule has 0 aliphatic heterocycles. The van der Waals surface area contributed by atoms with Crippen LogP contribution in [0.15, 0.2) is 72.8 Å². The molecule has 0 radical (unpaired) electrons. The van der Waals surface area contributed by atoms with Gasteiger partial charge in [-0.3, -0.25) is 4.79 Å². The number of aryl methyl sites for hydroxylation is 1. The minimum atomic E-state index is -1.53. The first-order chi connectivity index (χ1) is 21.8. The van der Waals surface area contributed by atoms with Gasteiger partial charge >= 0.3 is 0 Å². The molecule has 1 aromatic heterocycles. The van der Waals surface area contributed by atoms with Crippen molar-refractivity contribution in [1.29, 1.82) is 10.7 Å². The third-order valence-corrected chi connectivity index (χ3v) is 9.87. The van der Waals surface area contributed by atoms with E-state index in [1.165, 1.54) is 10.7 Å². The summed E-state index contributed by atoms with van der Waals surface area (Å²) in [5, 5.41) is 25.0. The van der Waals surface area contributed by atoms with Crippen LogP contribution >= 0.6 is 0 Å². The Hall–Kier alpha value is -4.46. The highest BCUT2D eigenvalue weighted by atomic mass is 32.2. The second-order valence-electron chi connectivity index (χ2n) is 13.0. The van der Waals surface area contributed by atoms with Gasteiger partial charge in [0, 0.05) is 5.71 Å². The molecular formula is C36H39FN6O2S. The smallest absolute Gasteiger partial charge is 0.274 e. The number of rotatable bonds is 11. The van der Waals surface area contributed by atoms with E-state index in [9.17, 15) is 14.3 Å². The number of nitrogens with one attached hydrogen (secondary N) is 3. The van der Waals surface area contributed by atoms with Crippen molar-refractivity contribution in [2.24, 2.45) is 5.92 Å². The van der Waals surface area contributed by atoms with Crippen molar-refractivity contribution in [1.82, 2.24) is 14.5 Å². The first-order valence-corrected chi connectivity index (χ1v) is 16.5. The number of nitrogens with zero attached hydrogens (tertiary/aromatic N) is 3. The third kappa shape index (κ3) is 7.16. The van der Waals surface area contributed by atoms with Crippen molar-refractivity contribution in [2.45, 2.75) is 70.6 Å². The molecule has 0 bridgehead atoms. The zero-order chi connectivity index (χ0) is 33.2. The number of aromatic nitrogens is 2. The van der Waals surface area contributed by atoms with Crippen molar-refractivity contribution >= 4 is 28.3 Å². The number of anilines is 1. The number of carbonyl (C=O) groups excluding carboxylic acids is 1. The predicted octanol–water partition coefficient (Wildman–Crippen LogP) is 7.32. The highest BCUT2D eigenvalue weighted by molar-refractivity contribution is 7.84. The Bertz CT molecular complexity index is 1870. The topological polar surface area (TPSA) is 124 Å². The van der Waals surface area contributed by atoms with Crippen molar-refractivity contribution in [3.05, 3.63) is 112 Å². The lowest BCUT2D eigenvalue weighted by atomic mass is 9.79. The van der Waals surface area contributed by atoms with Gasteiger partial charge in [0.2, 0.25) is 0 Å². The molecule has 10 heteroatoms. The fourth-order valence-electron chi connectivity index (χ4n) is 5.42. The molecule has 4 aromatic rings. The Morgan fingerprint density at radius 2 is 1.80 bits per heavy atom. The van der Waals surface area contributed by atoms with Gasteiger partial charge < -0.3 is 10.7 Å². The largest absolute Gasteiger partial charge is 0.318 e. The van der Waals surface area contributed by atoms with Crippen molar-refractivity contribution < 1.29 is 13.4 Å². The summed E-state index contributed by atoms with van der Waals surface area (Å²) in [7, 11) is -1.53. The molecule has 1 heterocycles. The average Bonchev–Trinajstić information content (AvgIpc) is 3.78. The van der Waals surface area contributed by atoms with Crippen LogP contribution in [0.1, 0.15) is 91.8 Å². The molecule has 0 spiro atoms. The molecule has 1 aliphatic rings. The Labute approximate surface area is 272 Å². The van der Waals surface area contributed by atoms with E-state index in [4.69, 9.17) is 5.41 Å². The lowest BCUT2D eigenvalue weighted by molar-refractivity contribution is 0.101. The maximum Gasteiger partial charge on any atom is 0.274 e. The van der Waals surface area contributed by atoms with Gasteiger partial charge in [-0.15, -0.1) is 0 Å². The van der Waals surface area contributed by atoms with Gasteiger partial charge in [0.1, 0.15) is 11.5 Å². The van der Waals surface area contributed by atoms with Crippen LogP contribution in [0, 0.1) is 35.4 Å². The summed E-state index contributed by atoms with van der Waals surface area (Å²) in [5.41, 5.74) is 3.22. The first kappa shape index (κ1) is 32.9. The molecule has 3 aromatic carbocycles. The van der Waals surface area contributed by atoms with E-state index >= 15 is 4.39 Å². The molecule has 2 unspecified atom stereocenters. The van der Waals surface area contributed by atoms with Gasteiger partial charge in [0.05, 0.1) is 50.0 Å². The number of benzene rings is 3. The van der Waals surface area contributed by atoms with Crippen LogP contribution < -0.4 is 10.0 Å². The molecule has 1 fully saturated rings. The minimum Gasteiger partial charge on any atom is -0.318 e. The predicted molar refractivity (Wildman–Crippen MR) is 180 cm³/mol. The second kappa shape index (κ2) is 13.1. The molecule has 5 rings (SSSR count). The Morgan fingerprint density at radius 3 is 2.48 bits per heavy atom. The molecule has 46 heavy (non-hydrogen) atoms. The van der Waals surface area contributed by atoms with Crippen molar-refractivity contribution in [2.75, 3.05) is 5.32 Å². The summed E-state index contributed by atoms with van der Waals surface area (Å²) in [6.07, 6.45) is 3.65. The lowest BCUT2D eigenvalue weighted by Gasteiger charge is -2.38. The van der Waals surface area contributed by atoms with E-state index in [1.807, 2.05) is 32.9 Å². The van der Waals surface area contributed by atoms with Crippen LogP contribution in [0.25, 0.3) is 5.69 Å². The summed E-state index contributed by atoms with van der Waals surface area (Å²) >= 11 is 0. The van der Waals surface area contributed by atoms with E-state index in [0.717, 1.165) is 24.8 Å². The van der Waals surface area contributed by atoms with Crippen LogP contribution in [0.3, 0.4) is 0 Å². The fourth-order valence-corrected chi connectivity index (χ4v) is 6.38. The fraction of sp³-hybridized carbons (Fsp3) is 0.333. The summed E-state index contributed by atoms with van der Waals surface area (Å²) in [5.74, 6) is -0.642. The standard InChI is InChI=1S/C36H39FN6O2S/c1-23-18-33(43(41-23)30-11-7-9-27(20-30)24(2)39)34(44)40-32-21-29(14-15-31(32)37)36(17-16-25-12-13-25,42-46(45)35(3,4)5)28-10-6-8-26(19-28)22-38/h6-11,14-15,18-21,25,39,42H,12-13,16-17H2,1-5H3,(H,40,44). The lowest BCUT2D eigenvalue weighted by Crippen LogP contribution is -2.49. The van der Waals surface area contributed by atoms with Gasteiger partial charge in [-0.25, -0.2) is 18.0 Å². The molecular weight excluding hydrogens is 600 g/mol. The van der Waals surface area contributed by atoms with E-state index in [2.05, 4.69) is 21.2 Å². The van der Waals surface area contributed by atoms with Crippen LogP contribution in [-0.4, -0.2) is 30.4 Å². The van der Waals surface area contributed by atoms with Gasteiger partial charge in [0.25, 0.3) is 5.91 Å². The summed E-state index contributed by atoms with van der Waals surface area (Å²) in [4.78, 5) is 13.8. The Morgan fingerprint density at radius 1 is 1.09 bits per heavy atom. The minimum absolute atomic E-state index is 0.0347. The number of amides is 1. The number of nitriles is 1. The summed E-state index contributed by atoms with van der Waals surface area (Å²) in [6.45, 7) is 9.10. The monoisotopic (exact) mass is 638 g/mol. The maximum absolute atomic E-state index is 15.5. The molecule has 1 amide bonds. The second-order valence-corrected chi connectivity index (χ2v) is 14.9. The SMILES string of the molecule is CC(=N)c1cccc(-n2nc(C)cc2C(=O)Nc2cc(C(CCC3CC3)(NS(=O)C(C)(C)C)c3cccc(C#N)c3)ccc2F)c1. The highest BCUT2D eigenvalue weighted by Gasteiger charge is 2.40. The molecule has 1 aliphatic carbocycles. The van der Waals surface area contributed by atoms with Crippen LogP contribution in [-0.2, 0) is 16.5 Å². The summed E-state index contributed by atoms with van der Waals surface area (Å²) < 4.78 is 33.6. The zero-order valence-corrected chi connectivity index (χ0v) is 27.6. The highest BCUT2D eigenvalue weighted by Crippen LogP contribution is 2.43. The normalized spacial score (nSPS) is 15.1. The number of hydrogen-bond donors (Lipinski definition) is 3. The summed E-state index contributed by atoms with van der Waals surface area (Å²) in [6, 6.07) is 22.8. The first-order valence-electron chi connectivity index (χ1n) is 15.3. The van der Waals surface area contributed by atoms with E-state index in [0.29, 0.717) is 46.1 Å². The van der Waals surface area contributed by atoms with Gasteiger partial charge in [-0.1, -0.05) is 43.2 Å². The third-order valence-electron chi connectivity index (χ3n) is 8.23.